The normalized spacial score (nSPS) is 10.5. The third-order valence-corrected chi connectivity index (χ3v) is 5.50. The van der Waals surface area contributed by atoms with Gasteiger partial charge in [0.05, 0.1) is 24.8 Å². The van der Waals surface area contributed by atoms with Crippen molar-refractivity contribution < 1.29 is 9.53 Å². The van der Waals surface area contributed by atoms with Crippen molar-refractivity contribution in [3.05, 3.63) is 59.9 Å². The molecular formula is C23H25N5O2S. The third kappa shape index (κ3) is 5.64. The number of carbonyl (C=O) groups is 1. The van der Waals surface area contributed by atoms with Crippen LogP contribution < -0.4 is 9.64 Å². The van der Waals surface area contributed by atoms with Crippen LogP contribution in [0.3, 0.4) is 0 Å². The molecular weight excluding hydrogens is 410 g/mol. The number of aromatic nitrogens is 3. The molecule has 0 spiro atoms. The van der Waals surface area contributed by atoms with Crippen LogP contribution in [-0.2, 0) is 4.79 Å². The first kappa shape index (κ1) is 22.4. The molecule has 0 saturated heterocycles. The quantitative estimate of drug-likeness (QED) is 0.466. The molecule has 0 bridgehead atoms. The highest BCUT2D eigenvalue weighted by molar-refractivity contribution is 7.99. The number of anilines is 1. The summed E-state index contributed by atoms with van der Waals surface area (Å²) in [5.41, 5.74) is 2.83. The minimum Gasteiger partial charge on any atom is -0.494 e. The summed E-state index contributed by atoms with van der Waals surface area (Å²) in [5.74, 6) is 1.59. The van der Waals surface area contributed by atoms with E-state index in [0.29, 0.717) is 18.3 Å². The number of carbonyl (C=O) groups excluding carboxylic acids is 1. The highest BCUT2D eigenvalue weighted by atomic mass is 32.2. The maximum absolute atomic E-state index is 13.0. The zero-order valence-corrected chi connectivity index (χ0v) is 18.7. The lowest BCUT2D eigenvalue weighted by Crippen LogP contribution is -2.33. The van der Waals surface area contributed by atoms with Crippen LogP contribution in [0.5, 0.6) is 5.75 Å². The fourth-order valence-corrected chi connectivity index (χ4v) is 4.03. The Labute approximate surface area is 186 Å². The molecule has 8 heteroatoms. The maximum atomic E-state index is 13.0. The summed E-state index contributed by atoms with van der Waals surface area (Å²) in [6, 6.07) is 17.5. The van der Waals surface area contributed by atoms with Crippen molar-refractivity contribution in [3.63, 3.8) is 0 Å². The molecule has 0 aliphatic rings. The largest absolute Gasteiger partial charge is 0.494 e. The molecule has 0 fully saturated rings. The molecule has 1 amide bonds. The summed E-state index contributed by atoms with van der Waals surface area (Å²) < 4.78 is 7.42. The maximum Gasteiger partial charge on any atom is 0.237 e. The molecule has 1 heterocycles. The highest BCUT2D eigenvalue weighted by Crippen LogP contribution is 2.25. The fourth-order valence-electron chi connectivity index (χ4n) is 3.15. The monoisotopic (exact) mass is 435 g/mol. The summed E-state index contributed by atoms with van der Waals surface area (Å²) in [5, 5.41) is 18.1. The van der Waals surface area contributed by atoms with Crippen LogP contribution in [0.15, 0.2) is 53.7 Å². The van der Waals surface area contributed by atoms with Gasteiger partial charge < -0.3 is 9.64 Å². The van der Waals surface area contributed by atoms with Gasteiger partial charge in [0.25, 0.3) is 0 Å². The van der Waals surface area contributed by atoms with Gasteiger partial charge in [-0.05, 0) is 62.7 Å². The lowest BCUT2D eigenvalue weighted by Gasteiger charge is -2.22. The predicted octanol–water partition coefficient (Wildman–Crippen LogP) is 4.32. The van der Waals surface area contributed by atoms with E-state index in [4.69, 9.17) is 10.00 Å². The van der Waals surface area contributed by atoms with Crippen LogP contribution in [0, 0.1) is 25.2 Å². The van der Waals surface area contributed by atoms with Gasteiger partial charge in [-0.15, -0.1) is 10.2 Å². The summed E-state index contributed by atoms with van der Waals surface area (Å²) in [6.45, 7) is 6.75. The number of rotatable bonds is 9. The van der Waals surface area contributed by atoms with E-state index in [9.17, 15) is 4.79 Å². The third-order valence-electron chi connectivity index (χ3n) is 4.59. The first-order valence-corrected chi connectivity index (χ1v) is 11.0. The molecule has 3 aromatic rings. The average molecular weight is 436 g/mol. The number of nitriles is 1. The second-order valence-electron chi connectivity index (χ2n) is 6.87. The summed E-state index contributed by atoms with van der Waals surface area (Å²) >= 11 is 1.33. The molecule has 160 valence electrons. The van der Waals surface area contributed by atoms with E-state index in [0.717, 1.165) is 28.5 Å². The summed E-state index contributed by atoms with van der Waals surface area (Å²) in [7, 11) is 0. The topological polar surface area (TPSA) is 84.0 Å². The van der Waals surface area contributed by atoms with Crippen molar-refractivity contribution in [2.24, 2.45) is 0 Å². The second kappa shape index (κ2) is 10.6. The highest BCUT2D eigenvalue weighted by Gasteiger charge is 2.19. The molecule has 0 unspecified atom stereocenters. The first-order valence-electron chi connectivity index (χ1n) is 10.1. The van der Waals surface area contributed by atoms with Crippen LogP contribution in [-0.4, -0.2) is 39.6 Å². The number of nitrogens with zero attached hydrogens (tertiary/aromatic N) is 5. The van der Waals surface area contributed by atoms with Crippen LogP contribution in [0.2, 0.25) is 0 Å². The van der Waals surface area contributed by atoms with E-state index in [2.05, 4.69) is 22.3 Å². The lowest BCUT2D eigenvalue weighted by molar-refractivity contribution is -0.116. The zero-order valence-electron chi connectivity index (χ0n) is 17.9. The fraction of sp³-hybridized carbons (Fsp3) is 0.304. The summed E-state index contributed by atoms with van der Waals surface area (Å²) in [6.07, 6.45) is 0.252. The molecule has 0 aliphatic heterocycles. The Balaban J connectivity index is 1.76. The number of hydrogen-bond donors (Lipinski definition) is 0. The van der Waals surface area contributed by atoms with E-state index in [1.807, 2.05) is 67.8 Å². The number of benzene rings is 2. The molecule has 0 saturated carbocycles. The van der Waals surface area contributed by atoms with Crippen molar-refractivity contribution in [1.29, 1.82) is 5.26 Å². The van der Waals surface area contributed by atoms with Crippen LogP contribution in [0.4, 0.5) is 5.69 Å². The molecule has 0 atom stereocenters. The van der Waals surface area contributed by atoms with Crippen molar-refractivity contribution in [1.82, 2.24) is 14.8 Å². The Hall–Kier alpha value is -3.31. The van der Waals surface area contributed by atoms with Gasteiger partial charge in [0.15, 0.2) is 5.16 Å². The molecule has 2 aromatic carbocycles. The van der Waals surface area contributed by atoms with Gasteiger partial charge in [-0.3, -0.25) is 9.36 Å². The molecule has 7 nitrogen and oxygen atoms in total. The van der Waals surface area contributed by atoms with Crippen LogP contribution in [0.1, 0.15) is 24.7 Å². The van der Waals surface area contributed by atoms with Crippen LogP contribution in [0.25, 0.3) is 5.69 Å². The van der Waals surface area contributed by atoms with Crippen molar-refractivity contribution in [2.75, 3.05) is 23.8 Å². The van der Waals surface area contributed by atoms with Gasteiger partial charge in [0, 0.05) is 17.9 Å². The van der Waals surface area contributed by atoms with Gasteiger partial charge in [-0.2, -0.15) is 5.26 Å². The molecule has 31 heavy (non-hydrogen) atoms. The first-order chi connectivity index (χ1) is 15.0. The van der Waals surface area contributed by atoms with Gasteiger partial charge >= 0.3 is 0 Å². The Morgan fingerprint density at radius 3 is 2.65 bits per heavy atom. The smallest absolute Gasteiger partial charge is 0.237 e. The van der Waals surface area contributed by atoms with E-state index >= 15 is 0 Å². The van der Waals surface area contributed by atoms with Gasteiger partial charge in [0.2, 0.25) is 5.91 Å². The zero-order chi connectivity index (χ0) is 22.2. The number of amides is 1. The molecule has 0 aliphatic carbocycles. The Morgan fingerprint density at radius 2 is 1.97 bits per heavy atom. The van der Waals surface area contributed by atoms with Crippen molar-refractivity contribution >= 4 is 23.4 Å². The minimum absolute atomic E-state index is 0.0964. The molecule has 1 aromatic heterocycles. The van der Waals surface area contributed by atoms with Crippen molar-refractivity contribution in [3.8, 4) is 17.5 Å². The van der Waals surface area contributed by atoms with Gasteiger partial charge in [-0.1, -0.05) is 23.9 Å². The van der Waals surface area contributed by atoms with E-state index < -0.39 is 0 Å². The number of aryl methyl sites for hydroxylation is 2. The van der Waals surface area contributed by atoms with Gasteiger partial charge in [-0.25, -0.2) is 0 Å². The van der Waals surface area contributed by atoms with Gasteiger partial charge in [0.1, 0.15) is 11.6 Å². The SMILES string of the molecule is CCOc1ccc(N(CCC#N)C(=O)CSc2nnc(C)n2-c2cccc(C)c2)cc1. The van der Waals surface area contributed by atoms with E-state index in [-0.39, 0.29) is 18.1 Å². The van der Waals surface area contributed by atoms with Crippen LogP contribution >= 0.6 is 11.8 Å². The Bertz CT molecular complexity index is 1070. The number of thioether (sulfide) groups is 1. The standard InChI is InChI=1S/C23H25N5O2S/c1-4-30-21-11-9-19(10-12-21)27(14-6-13-24)22(29)16-31-23-26-25-18(3)28(23)20-8-5-7-17(2)15-20/h5,7-12,15H,4,6,14,16H2,1-3H3. The van der Waals surface area contributed by atoms with Crippen molar-refractivity contribution in [2.45, 2.75) is 32.3 Å². The molecule has 0 radical (unpaired) electrons. The average Bonchev–Trinajstić information content (AvgIpc) is 3.14. The molecule has 0 N–H and O–H groups in total. The number of hydrogen-bond acceptors (Lipinski definition) is 6. The Kier molecular flexibility index (Phi) is 7.68. The lowest BCUT2D eigenvalue weighted by atomic mass is 10.2. The Morgan fingerprint density at radius 1 is 1.19 bits per heavy atom. The summed E-state index contributed by atoms with van der Waals surface area (Å²) in [4.78, 5) is 14.7. The van der Waals surface area contributed by atoms with E-state index in [1.165, 1.54) is 11.8 Å². The minimum atomic E-state index is -0.0964. The molecule has 3 rings (SSSR count). The predicted molar refractivity (Wildman–Crippen MR) is 122 cm³/mol. The van der Waals surface area contributed by atoms with E-state index in [1.54, 1.807) is 4.90 Å². The second-order valence-corrected chi connectivity index (χ2v) is 7.82. The number of ether oxygens (including phenoxy) is 1.